The predicted octanol–water partition coefficient (Wildman–Crippen LogP) is 6.47. The van der Waals surface area contributed by atoms with Crippen LogP contribution in [-0.4, -0.2) is 42.1 Å². The Bertz CT molecular complexity index is 1810. The van der Waals surface area contributed by atoms with Crippen LogP contribution in [0.15, 0.2) is 103 Å². The normalized spacial score (nSPS) is 22.6. The Kier molecular flexibility index (Phi) is 6.81. The number of benzene rings is 4. The Labute approximate surface area is 256 Å². The van der Waals surface area contributed by atoms with Gasteiger partial charge in [0.05, 0.1) is 31.2 Å². The Hall–Kier alpha value is -5.17. The number of hydrogen-bond acceptors (Lipinski definition) is 6. The Balaban J connectivity index is 1.48. The van der Waals surface area contributed by atoms with Crippen molar-refractivity contribution in [2.45, 2.75) is 30.8 Å². The summed E-state index contributed by atoms with van der Waals surface area (Å²) in [6.45, 7) is 2.59. The highest BCUT2D eigenvalue weighted by Crippen LogP contribution is 2.62. The van der Waals surface area contributed by atoms with Gasteiger partial charge in [-0.2, -0.15) is 0 Å². The molecule has 1 saturated heterocycles. The number of ether oxygens (including phenoxy) is 2. The average Bonchev–Trinajstić information content (AvgIpc) is 3.55. The van der Waals surface area contributed by atoms with Crippen LogP contribution in [0.5, 0.6) is 11.5 Å². The molecule has 4 unspecified atom stereocenters. The maximum atomic E-state index is 15.0. The highest BCUT2D eigenvalue weighted by atomic mass is 16.5. The van der Waals surface area contributed by atoms with Crippen LogP contribution in [-0.2, 0) is 10.2 Å². The number of methoxy groups -OCH3 is 1. The summed E-state index contributed by atoms with van der Waals surface area (Å²) < 4.78 is 11.4. The smallest absolute Gasteiger partial charge is 0.238 e. The number of fused-ring (bicyclic) bond motifs is 6. The topological polar surface area (TPSA) is 84.9 Å². The molecule has 1 fully saturated rings. The molecular formula is C37H32N2O5. The van der Waals surface area contributed by atoms with Crippen LogP contribution in [0.1, 0.15) is 56.8 Å². The number of Topliss-reactive ketones (excluding diaryl/α,β-unsaturated/α-hetero) is 2. The molecule has 3 heterocycles. The zero-order valence-corrected chi connectivity index (χ0v) is 24.5. The van der Waals surface area contributed by atoms with Gasteiger partial charge in [0, 0.05) is 17.5 Å². The van der Waals surface area contributed by atoms with E-state index in [0.29, 0.717) is 40.5 Å². The second-order valence-corrected chi connectivity index (χ2v) is 11.4. The first-order valence-corrected chi connectivity index (χ1v) is 14.9. The molecule has 0 radical (unpaired) electrons. The first kappa shape index (κ1) is 27.7. The summed E-state index contributed by atoms with van der Waals surface area (Å²) in [6, 6.07) is 27.8. The van der Waals surface area contributed by atoms with Crippen LogP contribution in [0.4, 0.5) is 5.69 Å². The summed E-state index contributed by atoms with van der Waals surface area (Å²) in [4.78, 5) is 46.3. The molecule has 4 aromatic rings. The van der Waals surface area contributed by atoms with Crippen LogP contribution < -0.4 is 14.8 Å². The van der Waals surface area contributed by atoms with Crippen molar-refractivity contribution in [3.8, 4) is 11.5 Å². The van der Waals surface area contributed by atoms with Crippen molar-refractivity contribution in [3.63, 3.8) is 0 Å². The van der Waals surface area contributed by atoms with Gasteiger partial charge in [-0.25, -0.2) is 0 Å². The molecule has 44 heavy (non-hydrogen) atoms. The first-order valence-electron chi connectivity index (χ1n) is 14.9. The minimum absolute atomic E-state index is 0.285. The van der Waals surface area contributed by atoms with Gasteiger partial charge in [0.1, 0.15) is 23.0 Å². The highest BCUT2D eigenvalue weighted by Gasteiger charge is 2.70. The SMILES string of the molecule is CCCOc1ccc(C(=O)C2C(C(=O)c3ccccc3OC)N3C=Cc4ccccc4C3C23C(=O)Nc2ccccc23)cc1. The van der Waals surface area contributed by atoms with Crippen molar-refractivity contribution >= 4 is 29.2 Å². The zero-order chi connectivity index (χ0) is 30.4. The third-order valence-corrected chi connectivity index (χ3v) is 9.11. The van der Waals surface area contributed by atoms with Gasteiger partial charge < -0.3 is 19.7 Å². The van der Waals surface area contributed by atoms with Crippen LogP contribution in [0.2, 0.25) is 0 Å². The predicted molar refractivity (Wildman–Crippen MR) is 168 cm³/mol. The summed E-state index contributed by atoms with van der Waals surface area (Å²) in [5.74, 6) is -0.859. The van der Waals surface area contributed by atoms with Crippen molar-refractivity contribution in [3.05, 3.63) is 131 Å². The lowest BCUT2D eigenvalue weighted by Crippen LogP contribution is -2.49. The fourth-order valence-electron chi connectivity index (χ4n) is 7.29. The summed E-state index contributed by atoms with van der Waals surface area (Å²) in [6.07, 6.45) is 4.68. The van der Waals surface area contributed by atoms with Gasteiger partial charge in [-0.15, -0.1) is 0 Å². The molecule has 7 heteroatoms. The standard InChI is InChI=1S/C37H32N2O5/c1-3-22-44-25-18-16-24(17-19-25)33(40)31-32(34(41)27-12-6-9-15-30(27)43-2)39-21-20-23-10-4-5-11-26(23)35(39)37(31)28-13-7-8-14-29(28)38-36(37)42/h4-21,31-32,35H,3,22H2,1-2H3,(H,38,42). The molecule has 4 aromatic carbocycles. The molecule has 4 atom stereocenters. The fourth-order valence-corrected chi connectivity index (χ4v) is 7.29. The first-order chi connectivity index (χ1) is 21.5. The molecule has 7 rings (SSSR count). The van der Waals surface area contributed by atoms with E-state index in [1.165, 1.54) is 7.11 Å². The number of nitrogens with zero attached hydrogens (tertiary/aromatic N) is 1. The number of carbonyl (C=O) groups excluding carboxylic acids is 3. The minimum atomic E-state index is -1.39. The monoisotopic (exact) mass is 584 g/mol. The summed E-state index contributed by atoms with van der Waals surface area (Å²) in [7, 11) is 1.52. The second kappa shape index (κ2) is 10.8. The highest BCUT2D eigenvalue weighted by molar-refractivity contribution is 6.17. The molecule has 220 valence electrons. The van der Waals surface area contributed by atoms with E-state index >= 15 is 0 Å². The average molecular weight is 585 g/mol. The van der Waals surface area contributed by atoms with E-state index in [2.05, 4.69) is 5.32 Å². The van der Waals surface area contributed by atoms with Gasteiger partial charge in [-0.1, -0.05) is 61.5 Å². The van der Waals surface area contributed by atoms with Crippen molar-refractivity contribution in [1.29, 1.82) is 0 Å². The van der Waals surface area contributed by atoms with Crippen molar-refractivity contribution in [2.75, 3.05) is 19.0 Å². The number of amides is 1. The van der Waals surface area contributed by atoms with E-state index in [-0.39, 0.29) is 17.5 Å². The van der Waals surface area contributed by atoms with Gasteiger partial charge in [0.15, 0.2) is 11.6 Å². The lowest BCUT2D eigenvalue weighted by molar-refractivity contribution is -0.122. The zero-order valence-electron chi connectivity index (χ0n) is 24.5. The van der Waals surface area contributed by atoms with E-state index in [9.17, 15) is 14.4 Å². The van der Waals surface area contributed by atoms with Gasteiger partial charge in [-0.05, 0) is 71.7 Å². The summed E-state index contributed by atoms with van der Waals surface area (Å²) >= 11 is 0. The quantitative estimate of drug-likeness (QED) is 0.239. The Morgan fingerprint density at radius 2 is 1.61 bits per heavy atom. The van der Waals surface area contributed by atoms with Crippen LogP contribution in [0.3, 0.4) is 0 Å². The molecule has 0 aromatic heterocycles. The maximum absolute atomic E-state index is 15.0. The molecule has 0 aliphatic carbocycles. The minimum Gasteiger partial charge on any atom is -0.496 e. The lowest BCUT2D eigenvalue weighted by Gasteiger charge is -2.38. The maximum Gasteiger partial charge on any atom is 0.238 e. The summed E-state index contributed by atoms with van der Waals surface area (Å²) in [5.41, 5.74) is 2.56. The van der Waals surface area contributed by atoms with Crippen molar-refractivity contribution < 1.29 is 23.9 Å². The number of para-hydroxylation sites is 2. The number of nitrogens with one attached hydrogen (secondary N) is 1. The van der Waals surface area contributed by atoms with E-state index in [0.717, 1.165) is 17.5 Å². The molecular weight excluding hydrogens is 552 g/mol. The molecule has 3 aliphatic heterocycles. The fraction of sp³-hybridized carbons (Fsp3) is 0.216. The van der Waals surface area contributed by atoms with Crippen molar-refractivity contribution in [1.82, 2.24) is 4.90 Å². The molecule has 0 bridgehead atoms. The number of ketones is 2. The van der Waals surface area contributed by atoms with E-state index in [1.807, 2.05) is 72.6 Å². The Morgan fingerprint density at radius 3 is 2.41 bits per heavy atom. The largest absolute Gasteiger partial charge is 0.496 e. The number of anilines is 1. The lowest BCUT2D eigenvalue weighted by atomic mass is 9.62. The number of rotatable bonds is 8. The van der Waals surface area contributed by atoms with Gasteiger partial charge in [-0.3, -0.25) is 14.4 Å². The van der Waals surface area contributed by atoms with Gasteiger partial charge in [0.25, 0.3) is 0 Å². The third-order valence-electron chi connectivity index (χ3n) is 9.11. The number of carbonyl (C=O) groups is 3. The second-order valence-electron chi connectivity index (χ2n) is 11.4. The molecule has 7 nitrogen and oxygen atoms in total. The molecule has 1 amide bonds. The van der Waals surface area contributed by atoms with Crippen LogP contribution in [0.25, 0.3) is 6.08 Å². The van der Waals surface area contributed by atoms with E-state index < -0.39 is 23.4 Å². The van der Waals surface area contributed by atoms with Gasteiger partial charge in [0.2, 0.25) is 5.91 Å². The molecule has 0 saturated carbocycles. The van der Waals surface area contributed by atoms with E-state index in [4.69, 9.17) is 9.47 Å². The third kappa shape index (κ3) is 3.99. The summed E-state index contributed by atoms with van der Waals surface area (Å²) in [5, 5.41) is 3.09. The number of hydrogen-bond donors (Lipinski definition) is 1. The molecule has 1 spiro atoms. The van der Waals surface area contributed by atoms with Crippen LogP contribution in [0, 0.1) is 5.92 Å². The van der Waals surface area contributed by atoms with Gasteiger partial charge >= 0.3 is 0 Å². The van der Waals surface area contributed by atoms with Crippen molar-refractivity contribution in [2.24, 2.45) is 5.92 Å². The van der Waals surface area contributed by atoms with E-state index in [1.54, 1.807) is 48.5 Å². The Morgan fingerprint density at radius 1 is 0.886 bits per heavy atom. The molecule has 1 N–H and O–H groups in total. The molecule has 3 aliphatic rings. The van der Waals surface area contributed by atoms with Crippen LogP contribution >= 0.6 is 0 Å².